The van der Waals surface area contributed by atoms with Crippen molar-refractivity contribution in [1.29, 1.82) is 0 Å². The molecule has 1 heterocycles. The number of aliphatic hydroxyl groups excluding tert-OH is 1. The van der Waals surface area contributed by atoms with Crippen LogP contribution in [-0.4, -0.2) is 67.8 Å². The predicted octanol–water partition coefficient (Wildman–Crippen LogP) is -1.89. The van der Waals surface area contributed by atoms with Crippen molar-refractivity contribution in [2.24, 2.45) is 5.73 Å². The van der Waals surface area contributed by atoms with Crippen molar-refractivity contribution in [2.75, 3.05) is 45.8 Å². The maximum atomic E-state index is 11.3. The number of amides is 1. The molecule has 6 nitrogen and oxygen atoms in total. The van der Waals surface area contributed by atoms with Crippen LogP contribution in [0.25, 0.3) is 0 Å². The van der Waals surface area contributed by atoms with Gasteiger partial charge in [-0.15, -0.1) is 0 Å². The van der Waals surface area contributed by atoms with Gasteiger partial charge in [0, 0.05) is 32.7 Å². The first kappa shape index (κ1) is 14.4. The number of likely N-dealkylation sites (tertiary alicyclic amines) is 1. The molecule has 0 aliphatic carbocycles. The van der Waals surface area contributed by atoms with E-state index in [1.165, 1.54) is 0 Å². The molecule has 0 saturated carbocycles. The van der Waals surface area contributed by atoms with Crippen molar-refractivity contribution in [3.8, 4) is 0 Å². The highest BCUT2D eigenvalue weighted by Gasteiger charge is 2.26. The molecule has 5 N–H and O–H groups in total. The van der Waals surface area contributed by atoms with E-state index in [0.29, 0.717) is 19.6 Å². The van der Waals surface area contributed by atoms with Crippen LogP contribution in [-0.2, 0) is 4.79 Å². The normalized spacial score (nSPS) is 20.2. The summed E-state index contributed by atoms with van der Waals surface area (Å²) in [6, 6.07) is 0. The average molecular weight is 244 g/mol. The second kappa shape index (κ2) is 8.41. The van der Waals surface area contributed by atoms with E-state index >= 15 is 0 Å². The number of carbonyl (C=O) groups excluding carboxylic acids is 1. The van der Waals surface area contributed by atoms with Gasteiger partial charge in [-0.2, -0.15) is 0 Å². The minimum absolute atomic E-state index is 0.0592. The highest BCUT2D eigenvalue weighted by atomic mass is 16.3. The van der Waals surface area contributed by atoms with Crippen molar-refractivity contribution in [1.82, 2.24) is 15.5 Å². The third-order valence-corrected chi connectivity index (χ3v) is 2.78. The molecule has 17 heavy (non-hydrogen) atoms. The van der Waals surface area contributed by atoms with Crippen molar-refractivity contribution in [3.63, 3.8) is 0 Å². The Kier molecular flexibility index (Phi) is 7.11. The lowest BCUT2D eigenvalue weighted by Crippen LogP contribution is -2.34. The van der Waals surface area contributed by atoms with E-state index in [2.05, 4.69) is 10.6 Å². The summed E-state index contributed by atoms with van der Waals surface area (Å²) < 4.78 is 0. The number of hydrogen-bond acceptors (Lipinski definition) is 5. The van der Waals surface area contributed by atoms with E-state index in [1.54, 1.807) is 4.90 Å². The van der Waals surface area contributed by atoms with Crippen LogP contribution >= 0.6 is 0 Å². The van der Waals surface area contributed by atoms with E-state index in [9.17, 15) is 9.90 Å². The molecule has 1 atom stereocenters. The average Bonchev–Trinajstić information content (AvgIpc) is 2.61. The van der Waals surface area contributed by atoms with E-state index in [4.69, 9.17) is 5.73 Å². The number of nitrogens with zero attached hydrogens (tertiary/aromatic N) is 1. The van der Waals surface area contributed by atoms with Crippen molar-refractivity contribution in [2.45, 2.75) is 18.9 Å². The van der Waals surface area contributed by atoms with Crippen molar-refractivity contribution in [3.05, 3.63) is 0 Å². The fraction of sp³-hybridized carbons (Fsp3) is 0.909. The molecular weight excluding hydrogens is 220 g/mol. The van der Waals surface area contributed by atoms with Gasteiger partial charge in [-0.05, 0) is 19.5 Å². The van der Waals surface area contributed by atoms with Crippen LogP contribution in [0.2, 0.25) is 0 Å². The van der Waals surface area contributed by atoms with Crippen LogP contribution in [0, 0.1) is 0 Å². The predicted molar refractivity (Wildman–Crippen MR) is 66.6 cm³/mol. The van der Waals surface area contributed by atoms with E-state index in [1.807, 2.05) is 0 Å². The smallest absolute Gasteiger partial charge is 0.225 e. The molecule has 0 aromatic heterocycles. The highest BCUT2D eigenvalue weighted by molar-refractivity contribution is 5.78. The number of nitrogens with one attached hydrogen (secondary N) is 2. The van der Waals surface area contributed by atoms with Gasteiger partial charge in [0.2, 0.25) is 5.91 Å². The number of β-amino-alcohol motifs (C(OH)–C–C–N with tert-alkyl or cyclic N) is 1. The third kappa shape index (κ3) is 5.97. The summed E-state index contributed by atoms with van der Waals surface area (Å²) in [4.78, 5) is 13.1. The molecule has 0 radical (unpaired) electrons. The number of nitrogens with two attached hydrogens (primary N) is 1. The van der Waals surface area contributed by atoms with Crippen LogP contribution in [0.15, 0.2) is 0 Å². The first-order valence-electron chi connectivity index (χ1n) is 6.31. The zero-order valence-electron chi connectivity index (χ0n) is 10.3. The Hall–Kier alpha value is -0.690. The Balaban J connectivity index is 1.89. The van der Waals surface area contributed by atoms with Gasteiger partial charge in [0.1, 0.15) is 0 Å². The lowest BCUT2D eigenvalue weighted by atomic mass is 10.3. The number of rotatable bonds is 9. The summed E-state index contributed by atoms with van der Waals surface area (Å²) in [6.07, 6.45) is 0.863. The molecular formula is C11H24N4O2. The van der Waals surface area contributed by atoms with Crippen LogP contribution in [0.5, 0.6) is 0 Å². The zero-order chi connectivity index (χ0) is 12.5. The molecule has 1 unspecified atom stereocenters. The van der Waals surface area contributed by atoms with Gasteiger partial charge in [-0.25, -0.2) is 0 Å². The van der Waals surface area contributed by atoms with Crippen LogP contribution in [0.4, 0.5) is 0 Å². The lowest BCUT2D eigenvalue weighted by molar-refractivity contribution is -0.127. The molecule has 0 spiro atoms. The van der Waals surface area contributed by atoms with Crippen molar-refractivity contribution < 1.29 is 9.90 Å². The Labute approximate surface area is 103 Å². The summed E-state index contributed by atoms with van der Waals surface area (Å²) in [5.41, 5.74) is 5.35. The van der Waals surface area contributed by atoms with Gasteiger partial charge in [0.25, 0.3) is 0 Å². The second-order valence-electron chi connectivity index (χ2n) is 4.34. The first-order valence-corrected chi connectivity index (χ1v) is 6.31. The van der Waals surface area contributed by atoms with Gasteiger partial charge in [-0.3, -0.25) is 4.79 Å². The molecule has 1 rings (SSSR count). The fourth-order valence-electron chi connectivity index (χ4n) is 1.87. The Bertz CT molecular complexity index is 226. The van der Waals surface area contributed by atoms with Gasteiger partial charge in [0.15, 0.2) is 0 Å². The Morgan fingerprint density at radius 1 is 1.29 bits per heavy atom. The lowest BCUT2D eigenvalue weighted by Gasteiger charge is -2.15. The number of aliphatic hydroxyl groups is 1. The van der Waals surface area contributed by atoms with Gasteiger partial charge in [-0.1, -0.05) is 0 Å². The van der Waals surface area contributed by atoms with Crippen LogP contribution < -0.4 is 16.4 Å². The molecule has 1 saturated heterocycles. The summed E-state index contributed by atoms with van der Waals surface area (Å²) in [5, 5.41) is 15.8. The van der Waals surface area contributed by atoms with E-state index < -0.39 is 6.10 Å². The summed E-state index contributed by atoms with van der Waals surface area (Å²) >= 11 is 0. The zero-order valence-corrected chi connectivity index (χ0v) is 10.3. The number of carbonyl (C=O) groups is 1. The minimum Gasteiger partial charge on any atom is -0.391 e. The maximum absolute atomic E-state index is 11.3. The first-order chi connectivity index (χ1) is 8.24. The summed E-state index contributed by atoms with van der Waals surface area (Å²) in [7, 11) is 0. The quantitative estimate of drug-likeness (QED) is 0.356. The molecule has 1 amide bonds. The Morgan fingerprint density at radius 3 is 2.59 bits per heavy atom. The van der Waals surface area contributed by atoms with E-state index in [0.717, 1.165) is 32.6 Å². The topological polar surface area (TPSA) is 90.6 Å². The van der Waals surface area contributed by atoms with Crippen LogP contribution in [0.3, 0.4) is 0 Å². The second-order valence-corrected chi connectivity index (χ2v) is 4.34. The largest absolute Gasteiger partial charge is 0.391 e. The molecule has 0 bridgehead atoms. The number of hydrogen-bond donors (Lipinski definition) is 4. The molecule has 1 aliphatic heterocycles. The maximum Gasteiger partial charge on any atom is 0.225 e. The molecule has 1 fully saturated rings. The standard InChI is InChI=1S/C11H24N4O2/c12-2-5-13-3-1-4-14-6-7-15-9-10(16)8-11(15)17/h10,13-14,16H,1-9,12H2. The highest BCUT2D eigenvalue weighted by Crippen LogP contribution is 2.09. The van der Waals surface area contributed by atoms with Gasteiger partial charge < -0.3 is 26.4 Å². The monoisotopic (exact) mass is 244 g/mol. The Morgan fingerprint density at radius 2 is 2.00 bits per heavy atom. The fourth-order valence-corrected chi connectivity index (χ4v) is 1.87. The molecule has 100 valence electrons. The van der Waals surface area contributed by atoms with Crippen LogP contribution in [0.1, 0.15) is 12.8 Å². The molecule has 6 heteroatoms. The third-order valence-electron chi connectivity index (χ3n) is 2.78. The molecule has 0 aromatic rings. The SMILES string of the molecule is NCCNCCCNCCN1CC(O)CC1=O. The van der Waals surface area contributed by atoms with Gasteiger partial charge in [0.05, 0.1) is 12.5 Å². The molecule has 1 aliphatic rings. The minimum atomic E-state index is -0.469. The molecule has 0 aromatic carbocycles. The van der Waals surface area contributed by atoms with Crippen molar-refractivity contribution >= 4 is 5.91 Å². The summed E-state index contributed by atoms with van der Waals surface area (Å²) in [5.74, 6) is 0.0592. The van der Waals surface area contributed by atoms with Gasteiger partial charge >= 0.3 is 0 Å². The van der Waals surface area contributed by atoms with E-state index in [-0.39, 0.29) is 12.3 Å². The summed E-state index contributed by atoms with van der Waals surface area (Å²) in [6.45, 7) is 5.39.